The smallest absolute Gasteiger partial charge is 0.0768 e. The van der Waals surface area contributed by atoms with Crippen molar-refractivity contribution in [3.8, 4) is 0 Å². The van der Waals surface area contributed by atoms with Crippen molar-refractivity contribution >= 4 is 0 Å². The van der Waals surface area contributed by atoms with Gasteiger partial charge in [0.1, 0.15) is 0 Å². The average molecular weight is 136 g/mol. The van der Waals surface area contributed by atoms with Crippen LogP contribution in [-0.2, 0) is 0 Å². The van der Waals surface area contributed by atoms with Gasteiger partial charge in [0.2, 0.25) is 0 Å². The summed E-state index contributed by atoms with van der Waals surface area (Å²) in [6, 6.07) is 0. The minimum atomic E-state index is -0.509. The maximum absolute atomic E-state index is 8.42. The van der Waals surface area contributed by atoms with Gasteiger partial charge in [-0.1, -0.05) is 6.92 Å². The van der Waals surface area contributed by atoms with Crippen LogP contribution in [0.1, 0.15) is 20.3 Å². The quantitative estimate of drug-likeness (QED) is 0.490. The summed E-state index contributed by atoms with van der Waals surface area (Å²) in [5.41, 5.74) is 0. The van der Waals surface area contributed by atoms with Crippen molar-refractivity contribution in [1.29, 1.82) is 0 Å². The molecule has 0 aromatic rings. The van der Waals surface area contributed by atoms with Gasteiger partial charge in [-0.2, -0.15) is 0 Å². The summed E-state index contributed by atoms with van der Waals surface area (Å²) in [7, 11) is 0. The third-order valence-electron chi connectivity index (χ3n) is 0.682. The van der Waals surface area contributed by atoms with E-state index >= 15 is 0 Å². The second kappa shape index (κ2) is 10.8. The van der Waals surface area contributed by atoms with Crippen molar-refractivity contribution in [2.24, 2.45) is 0 Å². The summed E-state index contributed by atoms with van der Waals surface area (Å²) < 4.78 is 0. The maximum atomic E-state index is 8.42. The highest BCUT2D eigenvalue weighted by atomic mass is 16.3. The Labute approximate surface area is 56.0 Å². The largest absolute Gasteiger partial charge is 0.397 e. The highest BCUT2D eigenvalue weighted by Crippen LogP contribution is 1.83. The summed E-state index contributed by atoms with van der Waals surface area (Å²) in [6.07, 6.45) is 0.126. The number of aliphatic hydroxyl groups excluding tert-OH is 3. The van der Waals surface area contributed by atoms with Gasteiger partial charge in [0.05, 0.1) is 12.7 Å². The van der Waals surface area contributed by atoms with Crippen molar-refractivity contribution in [1.82, 2.24) is 0 Å². The van der Waals surface area contributed by atoms with E-state index in [9.17, 15) is 0 Å². The molecular weight excluding hydrogens is 120 g/mol. The summed E-state index contributed by atoms with van der Waals surface area (Å²) in [5.74, 6) is 0. The van der Waals surface area contributed by atoms with Crippen LogP contribution < -0.4 is 0 Å². The summed E-state index contributed by atoms with van der Waals surface area (Å²) in [4.78, 5) is 0. The van der Waals surface area contributed by atoms with Gasteiger partial charge < -0.3 is 15.3 Å². The zero-order valence-corrected chi connectivity index (χ0v) is 6.04. The molecule has 1 atom stereocenters. The van der Waals surface area contributed by atoms with Gasteiger partial charge in [-0.25, -0.2) is 0 Å². The Bertz CT molecular complexity index is 35.3. The van der Waals surface area contributed by atoms with Crippen molar-refractivity contribution in [2.45, 2.75) is 26.4 Å². The van der Waals surface area contributed by atoms with E-state index in [2.05, 4.69) is 0 Å². The highest BCUT2D eigenvalue weighted by Gasteiger charge is 1.92. The van der Waals surface area contributed by atoms with E-state index in [1.165, 1.54) is 0 Å². The lowest BCUT2D eigenvalue weighted by atomic mass is 10.3. The van der Waals surface area contributed by atoms with Crippen LogP contribution in [0.3, 0.4) is 0 Å². The molecule has 0 bridgehead atoms. The third-order valence-corrected chi connectivity index (χ3v) is 0.682. The third kappa shape index (κ3) is 18.1. The van der Waals surface area contributed by atoms with Crippen LogP contribution in [0.15, 0.2) is 0 Å². The van der Waals surface area contributed by atoms with E-state index in [-0.39, 0.29) is 13.2 Å². The Morgan fingerprint density at radius 1 is 1.22 bits per heavy atom. The molecular formula is C6H16O3. The van der Waals surface area contributed by atoms with E-state index in [1.54, 1.807) is 6.92 Å². The maximum Gasteiger partial charge on any atom is 0.0768 e. The van der Waals surface area contributed by atoms with Crippen LogP contribution in [0.25, 0.3) is 0 Å². The van der Waals surface area contributed by atoms with Crippen LogP contribution in [0.5, 0.6) is 0 Å². The molecule has 3 heteroatoms. The Balaban J connectivity index is 0. The Morgan fingerprint density at radius 2 is 1.56 bits per heavy atom. The molecule has 3 N–H and O–H groups in total. The fourth-order valence-electron chi connectivity index (χ4n) is 0.129. The first-order valence-electron chi connectivity index (χ1n) is 3.12. The molecule has 0 aromatic heterocycles. The van der Waals surface area contributed by atoms with Gasteiger partial charge in [-0.05, 0) is 13.3 Å². The molecule has 0 aliphatic heterocycles. The second-order valence-electron chi connectivity index (χ2n) is 1.56. The zero-order valence-electron chi connectivity index (χ0n) is 6.04. The highest BCUT2D eigenvalue weighted by molar-refractivity contribution is 4.43. The topological polar surface area (TPSA) is 60.7 Å². The summed E-state index contributed by atoms with van der Waals surface area (Å²) in [5, 5.41) is 24.1. The molecule has 0 heterocycles. The predicted octanol–water partition coefficient (Wildman–Crippen LogP) is -0.252. The lowest BCUT2D eigenvalue weighted by Crippen LogP contribution is -2.08. The molecule has 0 aromatic carbocycles. The van der Waals surface area contributed by atoms with Gasteiger partial charge >= 0.3 is 0 Å². The Kier molecular flexibility index (Phi) is 14.0. The van der Waals surface area contributed by atoms with Gasteiger partial charge in [0, 0.05) is 6.61 Å². The van der Waals surface area contributed by atoms with Crippen molar-refractivity contribution < 1.29 is 15.3 Å². The van der Waals surface area contributed by atoms with Gasteiger partial charge in [-0.3, -0.25) is 0 Å². The standard InChI is InChI=1S/C4H10O2.C2H6O/c1-2-4(6)3-5;1-2-3/h4-6H,2-3H2,1H3;3H,2H2,1H3. The molecule has 0 aliphatic carbocycles. The monoisotopic (exact) mass is 136 g/mol. The first kappa shape index (κ1) is 11.6. The molecule has 0 aliphatic rings. The minimum Gasteiger partial charge on any atom is -0.397 e. The predicted molar refractivity (Wildman–Crippen MR) is 36.1 cm³/mol. The van der Waals surface area contributed by atoms with E-state index in [1.807, 2.05) is 6.92 Å². The molecule has 0 rings (SSSR count). The number of hydrogen-bond acceptors (Lipinski definition) is 3. The average Bonchev–Trinajstić information content (AvgIpc) is 1.88. The van der Waals surface area contributed by atoms with E-state index in [4.69, 9.17) is 15.3 Å². The summed E-state index contributed by atoms with van der Waals surface area (Å²) in [6.45, 7) is 3.64. The number of aliphatic hydroxyl groups is 3. The molecule has 3 nitrogen and oxygen atoms in total. The van der Waals surface area contributed by atoms with Crippen molar-refractivity contribution in [2.75, 3.05) is 13.2 Å². The van der Waals surface area contributed by atoms with Crippen LogP contribution in [0.2, 0.25) is 0 Å². The normalized spacial score (nSPS) is 11.7. The van der Waals surface area contributed by atoms with Gasteiger partial charge in [0.15, 0.2) is 0 Å². The molecule has 0 saturated carbocycles. The lowest BCUT2D eigenvalue weighted by Gasteiger charge is -1.97. The van der Waals surface area contributed by atoms with Crippen LogP contribution in [-0.4, -0.2) is 34.6 Å². The number of rotatable bonds is 2. The molecule has 9 heavy (non-hydrogen) atoms. The minimum absolute atomic E-state index is 0.115. The van der Waals surface area contributed by atoms with E-state index in [0.717, 1.165) is 0 Å². The second-order valence-corrected chi connectivity index (χ2v) is 1.56. The van der Waals surface area contributed by atoms with Crippen molar-refractivity contribution in [3.05, 3.63) is 0 Å². The van der Waals surface area contributed by atoms with Crippen LogP contribution in [0.4, 0.5) is 0 Å². The molecule has 0 fully saturated rings. The Hall–Kier alpha value is -0.120. The van der Waals surface area contributed by atoms with Gasteiger partial charge in [0.25, 0.3) is 0 Å². The molecule has 58 valence electrons. The van der Waals surface area contributed by atoms with Gasteiger partial charge in [-0.15, -0.1) is 0 Å². The van der Waals surface area contributed by atoms with Crippen LogP contribution >= 0.6 is 0 Å². The lowest BCUT2D eigenvalue weighted by molar-refractivity contribution is 0.0923. The molecule has 0 radical (unpaired) electrons. The van der Waals surface area contributed by atoms with E-state index < -0.39 is 6.10 Å². The Morgan fingerprint density at radius 3 is 1.56 bits per heavy atom. The van der Waals surface area contributed by atoms with Crippen molar-refractivity contribution in [3.63, 3.8) is 0 Å². The molecule has 0 saturated heterocycles. The molecule has 1 unspecified atom stereocenters. The fraction of sp³-hybridized carbons (Fsp3) is 1.00. The molecule has 0 amide bonds. The van der Waals surface area contributed by atoms with E-state index in [0.29, 0.717) is 6.42 Å². The number of hydrogen-bond donors (Lipinski definition) is 3. The first-order valence-corrected chi connectivity index (χ1v) is 3.12. The SMILES string of the molecule is CCC(O)CO.CCO. The molecule has 0 spiro atoms. The summed E-state index contributed by atoms with van der Waals surface area (Å²) >= 11 is 0. The fourth-order valence-corrected chi connectivity index (χ4v) is 0.129. The first-order chi connectivity index (χ1) is 4.22. The van der Waals surface area contributed by atoms with Crippen LogP contribution in [0, 0.1) is 0 Å². The zero-order chi connectivity index (χ0) is 7.70.